The number of carbonyl (C=O) groups is 2. The molecule has 0 aliphatic heterocycles. The van der Waals surface area contributed by atoms with E-state index in [0.717, 1.165) is 12.8 Å². The summed E-state index contributed by atoms with van der Waals surface area (Å²) in [5.74, 6) is 0.455. The zero-order chi connectivity index (χ0) is 16.5. The second-order valence-electron chi connectivity index (χ2n) is 5.90. The standard InChI is InChI=1S/C18H25N2O3/c1-20(16-5-3-2-4-6-16)12-11-19-18(22)14-23-17-9-7-15(13-21)8-10-17/h2,7-10,13,16H,3-6,11-12,14H2,1H3,(H,19,22). The fraction of sp³-hybridized carbons (Fsp3) is 0.500. The van der Waals surface area contributed by atoms with Crippen molar-refractivity contribution in [1.29, 1.82) is 0 Å². The topological polar surface area (TPSA) is 58.6 Å². The monoisotopic (exact) mass is 317 g/mol. The Bertz CT molecular complexity index is 495. The molecule has 1 N–H and O–H groups in total. The average Bonchev–Trinajstić information content (AvgIpc) is 2.61. The first kappa shape index (κ1) is 17.5. The Labute approximate surface area is 138 Å². The minimum absolute atomic E-state index is 0.0114. The maximum atomic E-state index is 11.8. The van der Waals surface area contributed by atoms with Crippen LogP contribution in [0.5, 0.6) is 5.75 Å². The molecule has 0 atom stereocenters. The summed E-state index contributed by atoms with van der Waals surface area (Å²) in [6, 6.07) is 7.33. The van der Waals surface area contributed by atoms with Gasteiger partial charge in [0.2, 0.25) is 0 Å². The molecular formula is C18H25N2O3. The molecule has 1 fully saturated rings. The smallest absolute Gasteiger partial charge is 0.257 e. The van der Waals surface area contributed by atoms with Gasteiger partial charge in [-0.05, 0) is 63.4 Å². The van der Waals surface area contributed by atoms with Crippen LogP contribution in [0.15, 0.2) is 24.3 Å². The first-order chi connectivity index (χ1) is 11.2. The fourth-order valence-corrected chi connectivity index (χ4v) is 2.75. The molecule has 1 aromatic carbocycles. The lowest BCUT2D eigenvalue weighted by molar-refractivity contribution is -0.123. The van der Waals surface area contributed by atoms with E-state index in [1.54, 1.807) is 24.3 Å². The summed E-state index contributed by atoms with van der Waals surface area (Å²) in [5, 5.41) is 2.88. The van der Waals surface area contributed by atoms with Crippen LogP contribution < -0.4 is 10.1 Å². The van der Waals surface area contributed by atoms with Crippen molar-refractivity contribution in [2.75, 3.05) is 26.7 Å². The van der Waals surface area contributed by atoms with Crippen molar-refractivity contribution in [3.63, 3.8) is 0 Å². The predicted octanol–water partition coefficient (Wildman–Crippen LogP) is 2.07. The highest BCUT2D eigenvalue weighted by atomic mass is 16.5. The lowest BCUT2D eigenvalue weighted by Gasteiger charge is -2.31. The number of likely N-dealkylation sites (N-methyl/N-ethyl adjacent to an activating group) is 1. The van der Waals surface area contributed by atoms with Crippen LogP contribution in [0.1, 0.15) is 36.0 Å². The van der Waals surface area contributed by atoms with Crippen LogP contribution in [-0.4, -0.2) is 49.9 Å². The van der Waals surface area contributed by atoms with E-state index in [9.17, 15) is 9.59 Å². The molecular weight excluding hydrogens is 292 g/mol. The molecule has 2 rings (SSSR count). The average molecular weight is 317 g/mol. The number of carbonyl (C=O) groups excluding carboxylic acids is 2. The largest absolute Gasteiger partial charge is 0.484 e. The third-order valence-electron chi connectivity index (χ3n) is 4.20. The Morgan fingerprint density at radius 3 is 2.65 bits per heavy atom. The van der Waals surface area contributed by atoms with Gasteiger partial charge in [0.25, 0.3) is 5.91 Å². The number of hydrogen-bond acceptors (Lipinski definition) is 4. The van der Waals surface area contributed by atoms with Gasteiger partial charge in [0, 0.05) is 24.7 Å². The van der Waals surface area contributed by atoms with Crippen molar-refractivity contribution < 1.29 is 14.3 Å². The van der Waals surface area contributed by atoms with E-state index in [0.29, 0.717) is 23.9 Å². The van der Waals surface area contributed by atoms with E-state index >= 15 is 0 Å². The van der Waals surface area contributed by atoms with E-state index in [-0.39, 0.29) is 12.5 Å². The number of nitrogens with zero attached hydrogens (tertiary/aromatic N) is 1. The molecule has 1 radical (unpaired) electrons. The quantitative estimate of drug-likeness (QED) is 0.746. The minimum atomic E-state index is -0.130. The molecule has 1 amide bonds. The van der Waals surface area contributed by atoms with Gasteiger partial charge in [0.05, 0.1) is 0 Å². The zero-order valence-corrected chi connectivity index (χ0v) is 13.7. The molecule has 5 heteroatoms. The van der Waals surface area contributed by atoms with Gasteiger partial charge < -0.3 is 15.0 Å². The number of ether oxygens (including phenoxy) is 1. The third kappa shape index (κ3) is 6.02. The summed E-state index contributed by atoms with van der Waals surface area (Å²) in [7, 11) is 2.12. The molecule has 0 heterocycles. The van der Waals surface area contributed by atoms with Gasteiger partial charge in [-0.1, -0.05) is 0 Å². The lowest BCUT2D eigenvalue weighted by Crippen LogP contribution is -2.40. The normalized spacial score (nSPS) is 15.4. The van der Waals surface area contributed by atoms with Crippen LogP contribution in [0.25, 0.3) is 0 Å². The maximum Gasteiger partial charge on any atom is 0.257 e. The first-order valence-corrected chi connectivity index (χ1v) is 8.15. The SMILES string of the molecule is CN(CCNC(=O)COc1ccc(C=O)cc1)C1CC[CH]CC1. The van der Waals surface area contributed by atoms with Crippen molar-refractivity contribution in [2.45, 2.75) is 31.7 Å². The Morgan fingerprint density at radius 1 is 1.30 bits per heavy atom. The van der Waals surface area contributed by atoms with Crippen molar-refractivity contribution >= 4 is 12.2 Å². The summed E-state index contributed by atoms with van der Waals surface area (Å²) < 4.78 is 5.40. The lowest BCUT2D eigenvalue weighted by atomic mass is 9.94. The molecule has 0 unspecified atom stereocenters. The molecule has 0 bridgehead atoms. The zero-order valence-electron chi connectivity index (χ0n) is 13.7. The highest BCUT2D eigenvalue weighted by Crippen LogP contribution is 2.20. The Morgan fingerprint density at radius 2 is 2.00 bits per heavy atom. The molecule has 23 heavy (non-hydrogen) atoms. The van der Waals surface area contributed by atoms with Crippen LogP contribution in [-0.2, 0) is 4.79 Å². The molecule has 1 aliphatic rings. The van der Waals surface area contributed by atoms with Crippen LogP contribution >= 0.6 is 0 Å². The van der Waals surface area contributed by atoms with Crippen LogP contribution in [0.3, 0.4) is 0 Å². The van der Waals surface area contributed by atoms with E-state index in [1.165, 1.54) is 25.7 Å². The second-order valence-corrected chi connectivity index (χ2v) is 5.90. The van der Waals surface area contributed by atoms with Crippen molar-refractivity contribution in [3.8, 4) is 5.75 Å². The molecule has 0 aromatic heterocycles. The number of amides is 1. The van der Waals surface area contributed by atoms with Crippen LogP contribution in [0, 0.1) is 6.42 Å². The van der Waals surface area contributed by atoms with Gasteiger partial charge in [-0.2, -0.15) is 0 Å². The molecule has 1 aromatic rings. The Kier molecular flexibility index (Phi) is 7.07. The highest BCUT2D eigenvalue weighted by Gasteiger charge is 2.17. The maximum absolute atomic E-state index is 11.8. The van der Waals surface area contributed by atoms with E-state index in [2.05, 4.69) is 23.7 Å². The molecule has 1 aliphatic carbocycles. The van der Waals surface area contributed by atoms with Crippen molar-refractivity contribution in [2.24, 2.45) is 0 Å². The summed E-state index contributed by atoms with van der Waals surface area (Å²) in [4.78, 5) is 24.7. The van der Waals surface area contributed by atoms with Gasteiger partial charge in [-0.3, -0.25) is 9.59 Å². The molecule has 1 saturated carbocycles. The first-order valence-electron chi connectivity index (χ1n) is 8.15. The van der Waals surface area contributed by atoms with E-state index in [1.807, 2.05) is 0 Å². The Balaban J connectivity index is 1.61. The van der Waals surface area contributed by atoms with E-state index < -0.39 is 0 Å². The van der Waals surface area contributed by atoms with Crippen molar-refractivity contribution in [1.82, 2.24) is 10.2 Å². The fourth-order valence-electron chi connectivity index (χ4n) is 2.75. The number of benzene rings is 1. The summed E-state index contributed by atoms with van der Waals surface area (Å²) in [6.45, 7) is 1.47. The van der Waals surface area contributed by atoms with Gasteiger partial charge in [0.15, 0.2) is 6.61 Å². The van der Waals surface area contributed by atoms with Gasteiger partial charge in [-0.15, -0.1) is 0 Å². The Hall–Kier alpha value is -1.88. The predicted molar refractivity (Wildman–Crippen MR) is 89.5 cm³/mol. The molecule has 125 valence electrons. The van der Waals surface area contributed by atoms with Gasteiger partial charge in [-0.25, -0.2) is 0 Å². The van der Waals surface area contributed by atoms with Gasteiger partial charge >= 0.3 is 0 Å². The molecule has 0 saturated heterocycles. The second kappa shape index (κ2) is 9.30. The third-order valence-corrected chi connectivity index (χ3v) is 4.20. The summed E-state index contributed by atoms with van der Waals surface area (Å²) >= 11 is 0. The summed E-state index contributed by atoms with van der Waals surface area (Å²) in [6.07, 6.45) is 7.94. The number of nitrogens with one attached hydrogen (secondary N) is 1. The number of hydrogen-bond donors (Lipinski definition) is 1. The van der Waals surface area contributed by atoms with Crippen LogP contribution in [0.2, 0.25) is 0 Å². The molecule has 0 spiro atoms. The van der Waals surface area contributed by atoms with Gasteiger partial charge in [0.1, 0.15) is 12.0 Å². The van der Waals surface area contributed by atoms with Crippen molar-refractivity contribution in [3.05, 3.63) is 36.2 Å². The molecule has 5 nitrogen and oxygen atoms in total. The summed E-state index contributed by atoms with van der Waals surface area (Å²) in [5.41, 5.74) is 0.588. The highest BCUT2D eigenvalue weighted by molar-refractivity contribution is 5.77. The minimum Gasteiger partial charge on any atom is -0.484 e. The van der Waals surface area contributed by atoms with E-state index in [4.69, 9.17) is 4.74 Å². The number of aldehydes is 1. The number of rotatable bonds is 8. The van der Waals surface area contributed by atoms with Crippen LogP contribution in [0.4, 0.5) is 0 Å².